The molecule has 1 aromatic heterocycles. The molecule has 1 aliphatic carbocycles. The van der Waals surface area contributed by atoms with Crippen molar-refractivity contribution in [1.29, 1.82) is 0 Å². The number of hydrogen-bond acceptors (Lipinski definition) is 5. The third-order valence-corrected chi connectivity index (χ3v) is 8.11. The Morgan fingerprint density at radius 2 is 1.26 bits per heavy atom. The van der Waals surface area contributed by atoms with Crippen LogP contribution in [0.3, 0.4) is 0 Å². The highest BCUT2D eigenvalue weighted by atomic mass is 15.3. The third-order valence-electron chi connectivity index (χ3n) is 8.11. The summed E-state index contributed by atoms with van der Waals surface area (Å²) < 4.78 is 0. The molecule has 5 heteroatoms. The predicted molar refractivity (Wildman–Crippen MR) is 130 cm³/mol. The second kappa shape index (κ2) is 12.3. The molecule has 1 saturated carbocycles. The molecule has 4 heterocycles. The molecule has 4 fully saturated rings. The Labute approximate surface area is 191 Å². The van der Waals surface area contributed by atoms with Crippen LogP contribution in [0.15, 0.2) is 18.7 Å². The van der Waals surface area contributed by atoms with Crippen molar-refractivity contribution < 1.29 is 0 Å². The minimum Gasteiger partial charge on any atom is -0.303 e. The zero-order chi connectivity index (χ0) is 22.2. The van der Waals surface area contributed by atoms with Crippen molar-refractivity contribution in [2.24, 2.45) is 5.92 Å². The summed E-state index contributed by atoms with van der Waals surface area (Å²) in [4.78, 5) is 16.1. The molecule has 3 aliphatic heterocycles. The molecule has 31 heavy (non-hydrogen) atoms. The summed E-state index contributed by atoms with van der Waals surface area (Å²) in [6, 6.07) is 2.59. The van der Waals surface area contributed by atoms with Gasteiger partial charge in [-0.05, 0) is 96.0 Å². The lowest BCUT2D eigenvalue weighted by atomic mass is 9.84. The first-order valence-electron chi connectivity index (χ1n) is 13.0. The lowest BCUT2D eigenvalue weighted by Crippen LogP contribution is -2.50. The Morgan fingerprint density at radius 3 is 1.81 bits per heavy atom. The van der Waals surface area contributed by atoms with Gasteiger partial charge >= 0.3 is 0 Å². The lowest BCUT2D eigenvalue weighted by Gasteiger charge is -2.40. The molecule has 4 aliphatic rings. The number of rotatable bonds is 2. The molecule has 1 aromatic rings. The third kappa shape index (κ3) is 6.72. The summed E-state index contributed by atoms with van der Waals surface area (Å²) in [5.74, 6) is 1.63. The van der Waals surface area contributed by atoms with Gasteiger partial charge in [-0.2, -0.15) is 0 Å². The number of aromatic nitrogens is 2. The molecule has 0 N–H and O–H groups in total. The van der Waals surface area contributed by atoms with Crippen molar-refractivity contribution in [3.63, 3.8) is 0 Å². The summed E-state index contributed by atoms with van der Waals surface area (Å²) >= 11 is 0. The van der Waals surface area contributed by atoms with Gasteiger partial charge in [0, 0.05) is 43.6 Å². The van der Waals surface area contributed by atoms with Crippen LogP contribution >= 0.6 is 0 Å². The first kappa shape index (κ1) is 24.6. The van der Waals surface area contributed by atoms with Crippen LogP contribution in [0.1, 0.15) is 83.6 Å². The van der Waals surface area contributed by atoms with E-state index in [0.717, 1.165) is 24.0 Å². The van der Waals surface area contributed by atoms with E-state index < -0.39 is 0 Å². The van der Waals surface area contributed by atoms with Crippen LogP contribution in [-0.4, -0.2) is 83.1 Å². The van der Waals surface area contributed by atoms with Gasteiger partial charge in [0.15, 0.2) is 0 Å². The zero-order valence-corrected chi connectivity index (χ0v) is 20.8. The molecule has 0 radical (unpaired) electrons. The van der Waals surface area contributed by atoms with Crippen molar-refractivity contribution in [2.45, 2.75) is 96.2 Å². The lowest BCUT2D eigenvalue weighted by molar-refractivity contribution is 0.107. The summed E-state index contributed by atoms with van der Waals surface area (Å²) in [7, 11) is 4.51. The number of hydrogen-bond donors (Lipinski definition) is 0. The Kier molecular flexibility index (Phi) is 9.73. The van der Waals surface area contributed by atoms with Gasteiger partial charge < -0.3 is 9.80 Å². The predicted octanol–water partition coefficient (Wildman–Crippen LogP) is 4.66. The molecule has 176 valence electrons. The standard InChI is InChI=1S/C16H25N3.C8H16N2.C2H6/c1-13-2-4-16(5-3-13)19-8-6-14(7-9-19)15-10-17-12-18-11-15;1-9-5-7-3-4-8(6-9)10(7)2;1-2/h10-14,16H,2-9H2,1H3;7-8H,3-6H2,1-2H3;1-2H3. The molecule has 0 aromatic carbocycles. The fourth-order valence-electron chi connectivity index (χ4n) is 6.05. The van der Waals surface area contributed by atoms with E-state index >= 15 is 0 Å². The maximum atomic E-state index is 4.15. The van der Waals surface area contributed by atoms with Gasteiger partial charge in [0.2, 0.25) is 0 Å². The average molecular weight is 430 g/mol. The van der Waals surface area contributed by atoms with Crippen molar-refractivity contribution in [3.05, 3.63) is 24.3 Å². The first-order valence-corrected chi connectivity index (χ1v) is 13.0. The molecular weight excluding hydrogens is 382 g/mol. The zero-order valence-electron chi connectivity index (χ0n) is 20.8. The van der Waals surface area contributed by atoms with Crippen LogP contribution in [0, 0.1) is 5.92 Å². The number of likely N-dealkylation sites (tertiary alicyclic amines) is 2. The second-order valence-corrected chi connectivity index (χ2v) is 10.2. The number of piperidine rings is 1. The van der Waals surface area contributed by atoms with E-state index in [-0.39, 0.29) is 0 Å². The van der Waals surface area contributed by atoms with Gasteiger partial charge in [-0.15, -0.1) is 0 Å². The van der Waals surface area contributed by atoms with E-state index in [2.05, 4.69) is 45.7 Å². The first-order chi connectivity index (χ1) is 15.1. The Balaban J connectivity index is 0.000000190. The van der Waals surface area contributed by atoms with E-state index in [0.29, 0.717) is 5.92 Å². The van der Waals surface area contributed by atoms with Gasteiger partial charge in [-0.3, -0.25) is 4.90 Å². The smallest absolute Gasteiger partial charge is 0.115 e. The molecule has 5 rings (SSSR count). The van der Waals surface area contributed by atoms with Crippen LogP contribution in [0.4, 0.5) is 0 Å². The maximum Gasteiger partial charge on any atom is 0.115 e. The second-order valence-electron chi connectivity index (χ2n) is 10.2. The molecule has 0 amide bonds. The van der Waals surface area contributed by atoms with Crippen LogP contribution in [0.5, 0.6) is 0 Å². The van der Waals surface area contributed by atoms with Gasteiger partial charge in [-0.25, -0.2) is 9.97 Å². The number of piperazine rings is 1. The Hall–Kier alpha value is -1.04. The van der Waals surface area contributed by atoms with E-state index in [9.17, 15) is 0 Å². The van der Waals surface area contributed by atoms with Gasteiger partial charge in [-0.1, -0.05) is 20.8 Å². The summed E-state index contributed by atoms with van der Waals surface area (Å²) in [6.45, 7) is 11.5. The number of fused-ring (bicyclic) bond motifs is 2. The normalized spacial score (nSPS) is 32.5. The van der Waals surface area contributed by atoms with E-state index in [1.54, 1.807) is 6.33 Å². The highest BCUT2D eigenvalue weighted by molar-refractivity contribution is 5.11. The molecule has 2 atom stereocenters. The largest absolute Gasteiger partial charge is 0.303 e. The highest BCUT2D eigenvalue weighted by Gasteiger charge is 2.35. The molecule has 0 spiro atoms. The van der Waals surface area contributed by atoms with E-state index in [1.807, 2.05) is 26.2 Å². The van der Waals surface area contributed by atoms with Crippen LogP contribution in [-0.2, 0) is 0 Å². The van der Waals surface area contributed by atoms with Crippen molar-refractivity contribution in [2.75, 3.05) is 40.3 Å². The summed E-state index contributed by atoms with van der Waals surface area (Å²) in [5, 5.41) is 0. The molecule has 2 bridgehead atoms. The Bertz CT molecular complexity index is 593. The van der Waals surface area contributed by atoms with Gasteiger partial charge in [0.05, 0.1) is 0 Å². The van der Waals surface area contributed by atoms with Crippen LogP contribution in [0.25, 0.3) is 0 Å². The summed E-state index contributed by atoms with van der Waals surface area (Å²) in [6.07, 6.45) is 16.7. The SMILES string of the molecule is CC.CC1CCC(N2CCC(c3cncnc3)CC2)CC1.CN1CC2CCC(C1)N2C. The summed E-state index contributed by atoms with van der Waals surface area (Å²) in [5.41, 5.74) is 1.33. The highest BCUT2D eigenvalue weighted by Crippen LogP contribution is 2.33. The Morgan fingerprint density at radius 1 is 0.742 bits per heavy atom. The number of nitrogens with zero attached hydrogens (tertiary/aromatic N) is 5. The van der Waals surface area contributed by atoms with Crippen molar-refractivity contribution in [3.8, 4) is 0 Å². The van der Waals surface area contributed by atoms with Gasteiger partial charge in [0.1, 0.15) is 6.33 Å². The van der Waals surface area contributed by atoms with E-state index in [1.165, 1.54) is 83.1 Å². The quantitative estimate of drug-likeness (QED) is 0.683. The molecule has 2 unspecified atom stereocenters. The van der Waals surface area contributed by atoms with E-state index in [4.69, 9.17) is 0 Å². The van der Waals surface area contributed by atoms with Crippen molar-refractivity contribution >= 4 is 0 Å². The number of likely N-dealkylation sites (N-methyl/N-ethyl adjacent to an activating group) is 2. The van der Waals surface area contributed by atoms with Crippen molar-refractivity contribution in [1.82, 2.24) is 24.7 Å². The fourth-order valence-corrected chi connectivity index (χ4v) is 6.05. The maximum absolute atomic E-state index is 4.15. The molecule has 5 nitrogen and oxygen atoms in total. The average Bonchev–Trinajstić information content (AvgIpc) is 3.03. The minimum atomic E-state index is 0.681. The molecule has 3 saturated heterocycles. The minimum absolute atomic E-state index is 0.681. The topological polar surface area (TPSA) is 35.5 Å². The fraction of sp³-hybridized carbons (Fsp3) is 0.846. The van der Waals surface area contributed by atoms with Crippen LogP contribution in [0.2, 0.25) is 0 Å². The van der Waals surface area contributed by atoms with Gasteiger partial charge in [0.25, 0.3) is 0 Å². The van der Waals surface area contributed by atoms with Crippen LogP contribution < -0.4 is 0 Å². The molecular formula is C26H47N5. The monoisotopic (exact) mass is 429 g/mol.